The molecule has 2 fully saturated rings. The van der Waals surface area contributed by atoms with Crippen LogP contribution >= 0.6 is 7.82 Å². The zero-order valence-corrected chi connectivity index (χ0v) is 49.2. The predicted octanol–water partition coefficient (Wildman–Crippen LogP) is 9.37. The fraction of sp³-hybridized carbons (Fsp3) is 0.246. The van der Waals surface area contributed by atoms with Gasteiger partial charge in [-0.3, -0.25) is 37.1 Å². The van der Waals surface area contributed by atoms with Crippen molar-refractivity contribution in [1.29, 1.82) is 5.26 Å². The van der Waals surface area contributed by atoms with Gasteiger partial charge in [0.15, 0.2) is 17.0 Å². The molecule has 11 rings (SSSR count). The van der Waals surface area contributed by atoms with Gasteiger partial charge in [0.2, 0.25) is 0 Å². The van der Waals surface area contributed by atoms with Crippen molar-refractivity contribution in [2.45, 2.75) is 68.7 Å². The Bertz CT molecular complexity index is 4140. The van der Waals surface area contributed by atoms with Crippen molar-refractivity contribution >= 4 is 42.6 Å². The highest BCUT2D eigenvalue weighted by atomic mass is 31.2. The molecule has 0 aliphatic carbocycles. The number of anilines is 1. The highest BCUT2D eigenvalue weighted by Gasteiger charge is 2.48. The standard InChI is InChI=1S/C65H59N8O15P/c1-42-37-71(64(78)73(61(42)75)62(76)44-19-10-5-11-20-44)55-35-51(87-63(77)45-21-12-6-13-22-45)54(86-55)39-84-89(79,83-34-16-33-66)88-52-36-56(72-41-69-57-58(67-40-68-59(57)72)70-60(74)43-17-8-4-9-18-43)85-53(52)38-82-65(46-23-14-7-15-24-46,47-25-29-49(80-2)30-26-47)48-27-31-50(81-3)32-28-48/h4-15,17-32,37,40-41,51-56H,16,34-36,38-39H2,1-3H3,(H,67,68,70,74)/t51-,52-,53+,54+,55+,56+,89?/m0/s1. The summed E-state index contributed by atoms with van der Waals surface area (Å²) in [5, 5.41) is 12.6. The Morgan fingerprint density at radius 2 is 1.22 bits per heavy atom. The second kappa shape index (κ2) is 27.1. The topological polar surface area (TPSA) is 275 Å². The van der Waals surface area contributed by atoms with Gasteiger partial charge in [0.1, 0.15) is 60.3 Å². The van der Waals surface area contributed by atoms with E-state index in [-0.39, 0.29) is 59.5 Å². The minimum atomic E-state index is -4.93. The number of hydrogen-bond donors (Lipinski definition) is 1. The van der Waals surface area contributed by atoms with Gasteiger partial charge in [0.05, 0.1) is 58.4 Å². The van der Waals surface area contributed by atoms with Crippen molar-refractivity contribution in [2.75, 3.05) is 39.4 Å². The summed E-state index contributed by atoms with van der Waals surface area (Å²) in [6, 6.07) is 50.8. The number of ether oxygens (including phenoxy) is 6. The van der Waals surface area contributed by atoms with Gasteiger partial charge >= 0.3 is 19.5 Å². The van der Waals surface area contributed by atoms with E-state index in [0.29, 0.717) is 32.8 Å². The minimum absolute atomic E-state index is 0.0230. The van der Waals surface area contributed by atoms with Crippen LogP contribution in [0.15, 0.2) is 198 Å². The lowest BCUT2D eigenvalue weighted by molar-refractivity contribution is -0.0949. The summed E-state index contributed by atoms with van der Waals surface area (Å²) in [7, 11) is -1.79. The van der Waals surface area contributed by atoms with Crippen molar-refractivity contribution in [3.8, 4) is 17.6 Å². The molecule has 0 bridgehead atoms. The van der Waals surface area contributed by atoms with E-state index in [0.717, 1.165) is 10.1 Å². The number of aromatic nitrogens is 6. The summed E-state index contributed by atoms with van der Waals surface area (Å²) in [6.07, 6.45) is -3.77. The monoisotopic (exact) mass is 1220 g/mol. The molecule has 23 nitrogen and oxygen atoms in total. The Hall–Kier alpha value is -9.76. The number of benzene rings is 6. The Morgan fingerprint density at radius 3 is 1.83 bits per heavy atom. The number of esters is 1. The summed E-state index contributed by atoms with van der Waals surface area (Å²) in [5.41, 5.74) is -0.0249. The van der Waals surface area contributed by atoms with Crippen LogP contribution in [0.25, 0.3) is 11.2 Å². The van der Waals surface area contributed by atoms with Crippen molar-refractivity contribution in [2.24, 2.45) is 0 Å². The molecule has 1 unspecified atom stereocenters. The molecule has 9 aromatic rings. The molecule has 3 aromatic heterocycles. The number of phosphoric acid groups is 1. The van der Waals surface area contributed by atoms with Crippen LogP contribution in [0.5, 0.6) is 11.5 Å². The molecule has 7 atom stereocenters. The van der Waals surface area contributed by atoms with Gasteiger partial charge in [-0.15, -0.1) is 0 Å². The third-order valence-corrected chi connectivity index (χ3v) is 16.6. The second-order valence-corrected chi connectivity index (χ2v) is 22.3. The summed E-state index contributed by atoms with van der Waals surface area (Å²) < 4.78 is 75.5. The van der Waals surface area contributed by atoms with Crippen LogP contribution in [-0.4, -0.2) is 105 Å². The van der Waals surface area contributed by atoms with Gasteiger partial charge in [-0.25, -0.2) is 29.1 Å². The van der Waals surface area contributed by atoms with Gasteiger partial charge < -0.3 is 33.7 Å². The van der Waals surface area contributed by atoms with Crippen LogP contribution in [0.1, 0.15) is 85.0 Å². The quantitative estimate of drug-likeness (QED) is 0.0270. The normalized spacial score (nSPS) is 18.8. The van der Waals surface area contributed by atoms with E-state index in [2.05, 4.69) is 20.3 Å². The number of aryl methyl sites for hydroxylation is 1. The maximum atomic E-state index is 15.6. The third kappa shape index (κ3) is 13.1. The molecular weight excluding hydrogens is 1160 g/mol. The van der Waals surface area contributed by atoms with E-state index in [9.17, 15) is 29.2 Å². The van der Waals surface area contributed by atoms with E-state index >= 15 is 4.57 Å². The molecule has 2 aliphatic heterocycles. The number of amides is 1. The predicted molar refractivity (Wildman–Crippen MR) is 321 cm³/mol. The Balaban J connectivity index is 0.951. The fourth-order valence-electron chi connectivity index (χ4n) is 10.7. The number of methoxy groups -OCH3 is 2. The average Bonchev–Trinajstić information content (AvgIpc) is 2.13. The number of imidazole rings is 1. The molecule has 2 saturated heterocycles. The number of nitriles is 1. The number of nitrogens with zero attached hydrogens (tertiary/aromatic N) is 7. The van der Waals surface area contributed by atoms with E-state index < -0.39 is 92.5 Å². The van der Waals surface area contributed by atoms with Gasteiger partial charge in [-0.05, 0) is 84.3 Å². The van der Waals surface area contributed by atoms with Gasteiger partial charge in [0.25, 0.3) is 17.4 Å². The molecule has 89 heavy (non-hydrogen) atoms. The maximum absolute atomic E-state index is 15.6. The van der Waals surface area contributed by atoms with Gasteiger partial charge in [0, 0.05) is 35.7 Å². The maximum Gasteiger partial charge on any atom is 0.475 e. The smallest absolute Gasteiger partial charge is 0.475 e. The lowest BCUT2D eigenvalue weighted by Crippen LogP contribution is -2.45. The Kier molecular flexibility index (Phi) is 18.5. The Morgan fingerprint density at radius 1 is 0.674 bits per heavy atom. The fourth-order valence-corrected chi connectivity index (χ4v) is 12.1. The summed E-state index contributed by atoms with van der Waals surface area (Å²) in [6.45, 7) is 0.0448. The van der Waals surface area contributed by atoms with Crippen LogP contribution in [0, 0.1) is 18.3 Å². The van der Waals surface area contributed by atoms with Gasteiger partial charge in [-0.2, -0.15) is 9.83 Å². The van der Waals surface area contributed by atoms with E-state index in [4.69, 9.17) is 42.0 Å². The van der Waals surface area contributed by atoms with Crippen LogP contribution in [0.3, 0.4) is 0 Å². The number of hydrogen-bond acceptors (Lipinski definition) is 19. The first-order chi connectivity index (χ1) is 43.3. The highest BCUT2D eigenvalue weighted by molar-refractivity contribution is 7.48. The molecule has 24 heteroatoms. The van der Waals surface area contributed by atoms with Crippen LogP contribution < -0.4 is 26.0 Å². The zero-order chi connectivity index (χ0) is 62.1. The van der Waals surface area contributed by atoms with Crippen molar-refractivity contribution in [3.05, 3.63) is 248 Å². The molecule has 2 aliphatic rings. The van der Waals surface area contributed by atoms with Crippen molar-refractivity contribution < 1.29 is 60.9 Å². The first-order valence-electron chi connectivity index (χ1n) is 28.3. The number of carbonyl (C=O) groups is 3. The molecule has 0 saturated carbocycles. The number of fused-ring (bicyclic) bond motifs is 1. The van der Waals surface area contributed by atoms with Crippen LogP contribution in [0.4, 0.5) is 5.82 Å². The largest absolute Gasteiger partial charge is 0.497 e. The minimum Gasteiger partial charge on any atom is -0.497 e. The third-order valence-electron chi connectivity index (χ3n) is 15.1. The average molecular weight is 1220 g/mol. The lowest BCUT2D eigenvalue weighted by Gasteiger charge is -2.37. The molecular formula is C65H59N8O15P. The number of phosphoric ester groups is 1. The number of carbonyl (C=O) groups excluding carboxylic acids is 3. The van der Waals surface area contributed by atoms with E-state index in [1.807, 2.05) is 84.9 Å². The van der Waals surface area contributed by atoms with Gasteiger partial charge in [-0.1, -0.05) is 109 Å². The number of nitrogens with one attached hydrogen (secondary N) is 1. The highest BCUT2D eigenvalue weighted by Crippen LogP contribution is 2.54. The van der Waals surface area contributed by atoms with Crippen LogP contribution in [-0.2, 0) is 42.7 Å². The first kappa shape index (κ1) is 60.9. The molecule has 454 valence electrons. The molecule has 1 amide bonds. The van der Waals surface area contributed by atoms with Crippen molar-refractivity contribution in [3.63, 3.8) is 0 Å². The SMILES string of the molecule is COc1ccc(C(OC[C@H]2O[C@@H](n3cnc4c(NC(=O)c5ccccc5)ncnc43)C[C@@H]2OP(=O)(OCCC#N)OC[C@H]2O[C@@H](n3cc(C)c(=O)n(C(=O)c4ccccc4)c3=O)C[C@@H]2OC(=O)c2ccccc2)(c2ccccc2)c2ccc(OC)cc2)cc1. The summed E-state index contributed by atoms with van der Waals surface area (Å²) in [5.74, 6) is -0.770. The van der Waals surface area contributed by atoms with Crippen LogP contribution in [0.2, 0.25) is 0 Å². The zero-order valence-electron chi connectivity index (χ0n) is 48.3. The number of rotatable bonds is 23. The van der Waals surface area contributed by atoms with Crippen molar-refractivity contribution in [1.82, 2.24) is 28.7 Å². The van der Waals surface area contributed by atoms with E-state index in [1.54, 1.807) is 97.6 Å². The second-order valence-electron chi connectivity index (χ2n) is 20.7. The lowest BCUT2D eigenvalue weighted by atomic mass is 9.80. The molecule has 0 spiro atoms. The molecule has 1 N–H and O–H groups in total. The molecule has 6 aromatic carbocycles. The molecule has 5 heterocycles. The Labute approximate surface area is 509 Å². The molecule has 0 radical (unpaired) electrons. The summed E-state index contributed by atoms with van der Waals surface area (Å²) >= 11 is 0. The first-order valence-corrected chi connectivity index (χ1v) is 29.7. The van der Waals surface area contributed by atoms with E-state index in [1.165, 1.54) is 37.9 Å². The summed E-state index contributed by atoms with van der Waals surface area (Å²) in [4.78, 5) is 82.3.